The van der Waals surface area contributed by atoms with Crippen LogP contribution in [0.2, 0.25) is 0 Å². The molecular formula is C32H26O3. The van der Waals surface area contributed by atoms with Crippen LogP contribution in [0.3, 0.4) is 0 Å². The molecule has 1 aliphatic rings. The van der Waals surface area contributed by atoms with Gasteiger partial charge in [0.1, 0.15) is 23.9 Å². The number of fused-ring (bicyclic) bond motifs is 4. The molecule has 3 nitrogen and oxygen atoms in total. The molecule has 0 atom stereocenters. The predicted octanol–water partition coefficient (Wildman–Crippen LogP) is 7.67. The molecule has 0 radical (unpaired) electrons. The van der Waals surface area contributed by atoms with Gasteiger partial charge in [0, 0.05) is 0 Å². The van der Waals surface area contributed by atoms with Crippen molar-refractivity contribution in [2.45, 2.75) is 13.0 Å². The molecule has 0 aliphatic heterocycles. The van der Waals surface area contributed by atoms with Gasteiger partial charge in [-0.25, -0.2) is 0 Å². The van der Waals surface area contributed by atoms with Crippen LogP contribution in [0.5, 0.6) is 17.2 Å². The Morgan fingerprint density at radius 3 is 2.26 bits per heavy atom. The van der Waals surface area contributed by atoms with E-state index in [-0.39, 0.29) is 0 Å². The third-order valence-electron chi connectivity index (χ3n) is 6.76. The second kappa shape index (κ2) is 8.84. The number of hydrogen-bond acceptors (Lipinski definition) is 3. The maximum Gasteiger partial charge on any atom is 0.120 e. The molecule has 0 fully saturated rings. The highest BCUT2D eigenvalue weighted by molar-refractivity contribution is 6.07. The number of methoxy groups -OCH3 is 2. The van der Waals surface area contributed by atoms with Crippen LogP contribution in [-0.4, -0.2) is 14.2 Å². The largest absolute Gasteiger partial charge is 0.497 e. The summed E-state index contributed by atoms with van der Waals surface area (Å²) >= 11 is 0. The highest BCUT2D eigenvalue weighted by Gasteiger charge is 2.25. The van der Waals surface area contributed by atoms with Crippen LogP contribution in [0.4, 0.5) is 0 Å². The van der Waals surface area contributed by atoms with E-state index in [0.29, 0.717) is 6.61 Å². The second-order valence-corrected chi connectivity index (χ2v) is 8.87. The summed E-state index contributed by atoms with van der Waals surface area (Å²) in [5, 5.41) is 2.38. The average molecular weight is 459 g/mol. The fourth-order valence-corrected chi connectivity index (χ4v) is 5.09. The lowest BCUT2D eigenvalue weighted by Gasteiger charge is -2.16. The molecule has 5 aromatic rings. The van der Waals surface area contributed by atoms with Crippen LogP contribution < -0.4 is 14.2 Å². The van der Waals surface area contributed by atoms with E-state index in [0.717, 1.165) is 34.8 Å². The van der Waals surface area contributed by atoms with Gasteiger partial charge in [-0.15, -0.1) is 0 Å². The lowest BCUT2D eigenvalue weighted by Crippen LogP contribution is -1.96. The minimum atomic E-state index is 0.539. The van der Waals surface area contributed by atoms with Crippen molar-refractivity contribution < 1.29 is 14.2 Å². The van der Waals surface area contributed by atoms with Crippen molar-refractivity contribution in [3.8, 4) is 39.5 Å². The van der Waals surface area contributed by atoms with Gasteiger partial charge in [-0.1, -0.05) is 60.7 Å². The topological polar surface area (TPSA) is 27.7 Å². The van der Waals surface area contributed by atoms with Crippen molar-refractivity contribution in [3.63, 3.8) is 0 Å². The Labute approximate surface area is 205 Å². The SMILES string of the molecule is COc1ccc2c(c1)Cc1cc3cc(OC)ccc3c(-c3cccc(OCc4ccccc4)c3)c1-2. The molecule has 0 N–H and O–H groups in total. The number of ether oxygens (including phenoxy) is 3. The van der Waals surface area contributed by atoms with Crippen molar-refractivity contribution in [1.29, 1.82) is 0 Å². The molecular weight excluding hydrogens is 432 g/mol. The van der Waals surface area contributed by atoms with E-state index in [2.05, 4.69) is 66.7 Å². The van der Waals surface area contributed by atoms with E-state index in [4.69, 9.17) is 14.2 Å². The van der Waals surface area contributed by atoms with E-state index in [9.17, 15) is 0 Å². The Kier molecular flexibility index (Phi) is 5.38. The highest BCUT2D eigenvalue weighted by Crippen LogP contribution is 2.48. The summed E-state index contributed by atoms with van der Waals surface area (Å²) in [6, 6.07) is 33.7. The molecule has 0 heterocycles. The summed E-state index contributed by atoms with van der Waals surface area (Å²) in [6.07, 6.45) is 0.881. The van der Waals surface area contributed by atoms with Gasteiger partial charge >= 0.3 is 0 Å². The van der Waals surface area contributed by atoms with Crippen LogP contribution in [0.1, 0.15) is 16.7 Å². The van der Waals surface area contributed by atoms with Crippen molar-refractivity contribution in [3.05, 3.63) is 114 Å². The second-order valence-electron chi connectivity index (χ2n) is 8.87. The number of rotatable bonds is 6. The van der Waals surface area contributed by atoms with Crippen molar-refractivity contribution >= 4 is 10.8 Å². The third-order valence-corrected chi connectivity index (χ3v) is 6.76. The van der Waals surface area contributed by atoms with Gasteiger partial charge in [-0.05, 0) is 92.5 Å². The first kappa shape index (κ1) is 21.3. The van der Waals surface area contributed by atoms with E-state index >= 15 is 0 Å². The summed E-state index contributed by atoms with van der Waals surface area (Å²) in [4.78, 5) is 0. The normalized spacial score (nSPS) is 11.7. The van der Waals surface area contributed by atoms with Crippen LogP contribution in [0.25, 0.3) is 33.0 Å². The molecule has 0 spiro atoms. The Hall–Kier alpha value is -4.24. The highest BCUT2D eigenvalue weighted by atomic mass is 16.5. The Morgan fingerprint density at radius 1 is 0.629 bits per heavy atom. The van der Waals surface area contributed by atoms with E-state index in [1.807, 2.05) is 30.3 Å². The molecule has 0 bridgehead atoms. The summed E-state index contributed by atoms with van der Waals surface area (Å²) < 4.78 is 17.2. The zero-order valence-electron chi connectivity index (χ0n) is 19.9. The van der Waals surface area contributed by atoms with Gasteiger partial charge in [0.15, 0.2) is 0 Å². The molecule has 3 heteroatoms. The summed E-state index contributed by atoms with van der Waals surface area (Å²) in [6.45, 7) is 0.539. The smallest absolute Gasteiger partial charge is 0.120 e. The van der Waals surface area contributed by atoms with Crippen molar-refractivity contribution in [1.82, 2.24) is 0 Å². The van der Waals surface area contributed by atoms with Crippen LogP contribution in [-0.2, 0) is 13.0 Å². The van der Waals surface area contributed by atoms with E-state index in [1.165, 1.54) is 38.6 Å². The van der Waals surface area contributed by atoms with Crippen LogP contribution in [0.15, 0.2) is 97.1 Å². The lowest BCUT2D eigenvalue weighted by molar-refractivity contribution is 0.306. The first-order valence-electron chi connectivity index (χ1n) is 11.8. The standard InChI is InChI=1S/C32H26O3/c1-33-26-11-13-29-23(18-26)15-25-16-24-19-27(34-2)12-14-30(24)32(25)31(29)22-9-6-10-28(17-22)35-20-21-7-4-3-5-8-21/h3-15,17-19H,16,20H2,1-2H3. The first-order valence-corrected chi connectivity index (χ1v) is 11.8. The van der Waals surface area contributed by atoms with E-state index < -0.39 is 0 Å². The van der Waals surface area contributed by atoms with Gasteiger partial charge in [0.25, 0.3) is 0 Å². The van der Waals surface area contributed by atoms with Gasteiger partial charge in [-0.2, -0.15) is 0 Å². The summed E-state index contributed by atoms with van der Waals surface area (Å²) in [5.41, 5.74) is 8.70. The number of hydrogen-bond donors (Lipinski definition) is 0. The zero-order chi connectivity index (χ0) is 23.8. The number of benzene rings is 5. The Morgan fingerprint density at radius 2 is 1.43 bits per heavy atom. The summed E-state index contributed by atoms with van der Waals surface area (Å²) in [7, 11) is 3.43. The zero-order valence-corrected chi connectivity index (χ0v) is 19.9. The maximum atomic E-state index is 6.19. The van der Waals surface area contributed by atoms with Gasteiger partial charge < -0.3 is 14.2 Å². The molecule has 0 unspecified atom stereocenters. The molecule has 5 aromatic carbocycles. The van der Waals surface area contributed by atoms with Crippen molar-refractivity contribution in [2.24, 2.45) is 0 Å². The summed E-state index contributed by atoms with van der Waals surface area (Å²) in [5.74, 6) is 2.61. The monoisotopic (exact) mass is 458 g/mol. The molecule has 0 saturated carbocycles. The molecule has 35 heavy (non-hydrogen) atoms. The molecule has 0 amide bonds. The van der Waals surface area contributed by atoms with E-state index in [1.54, 1.807) is 14.2 Å². The third kappa shape index (κ3) is 3.89. The minimum Gasteiger partial charge on any atom is -0.497 e. The fourth-order valence-electron chi connectivity index (χ4n) is 5.09. The lowest BCUT2D eigenvalue weighted by atomic mass is 9.89. The van der Waals surface area contributed by atoms with Gasteiger partial charge in [-0.3, -0.25) is 0 Å². The first-order chi connectivity index (χ1) is 17.2. The minimum absolute atomic E-state index is 0.539. The van der Waals surface area contributed by atoms with Crippen molar-refractivity contribution in [2.75, 3.05) is 14.2 Å². The quantitative estimate of drug-likeness (QED) is 0.256. The van der Waals surface area contributed by atoms with Crippen LogP contribution >= 0.6 is 0 Å². The average Bonchev–Trinajstić information content (AvgIpc) is 3.27. The fraction of sp³-hybridized carbons (Fsp3) is 0.125. The molecule has 172 valence electrons. The molecule has 1 aliphatic carbocycles. The Bertz CT molecular complexity index is 1540. The van der Waals surface area contributed by atoms with Gasteiger partial charge in [0.2, 0.25) is 0 Å². The Balaban J connectivity index is 1.51. The molecule has 6 rings (SSSR count). The maximum absolute atomic E-state index is 6.19. The van der Waals surface area contributed by atoms with Crippen LogP contribution in [0, 0.1) is 0 Å². The van der Waals surface area contributed by atoms with Gasteiger partial charge in [0.05, 0.1) is 14.2 Å². The molecule has 0 aromatic heterocycles. The molecule has 0 saturated heterocycles. The predicted molar refractivity (Wildman–Crippen MR) is 142 cm³/mol.